The van der Waals surface area contributed by atoms with E-state index in [2.05, 4.69) is 75.7 Å². The summed E-state index contributed by atoms with van der Waals surface area (Å²) in [5.74, 6) is -0.0798. The van der Waals surface area contributed by atoms with Crippen molar-refractivity contribution in [2.45, 2.75) is 44.3 Å². The molecule has 0 aliphatic carbocycles. The Hall–Kier alpha value is -2.59. The smallest absolute Gasteiger partial charge is 0.254 e. The first-order valence-electron chi connectivity index (χ1n) is 20.4. The van der Waals surface area contributed by atoms with Crippen molar-refractivity contribution < 1.29 is 19.8 Å². The highest BCUT2D eigenvalue weighted by molar-refractivity contribution is 9.10. The second-order valence-corrected chi connectivity index (χ2v) is 19.1. The molecule has 4 fully saturated rings. The van der Waals surface area contributed by atoms with Crippen molar-refractivity contribution in [1.29, 1.82) is 0 Å². The van der Waals surface area contributed by atoms with E-state index in [0.29, 0.717) is 46.8 Å². The van der Waals surface area contributed by atoms with Crippen LogP contribution in [0.25, 0.3) is 0 Å². The van der Waals surface area contributed by atoms with Gasteiger partial charge in [0.15, 0.2) is 0 Å². The molecular weight excluding hydrogens is 955 g/mol. The molecule has 2 amide bonds. The molecule has 4 aliphatic rings. The normalized spacial score (nSPS) is 23.1. The van der Waals surface area contributed by atoms with Crippen molar-refractivity contribution in [3.63, 3.8) is 0 Å². The van der Waals surface area contributed by atoms with Gasteiger partial charge in [0.2, 0.25) is 0 Å². The molecule has 10 nitrogen and oxygen atoms in total. The van der Waals surface area contributed by atoms with Crippen molar-refractivity contribution in [2.24, 2.45) is 0 Å². The number of carbonyl (C=O) groups is 2. The monoisotopic (exact) mass is 1000 g/mol. The molecule has 4 unspecified atom stereocenters. The van der Waals surface area contributed by atoms with Crippen LogP contribution in [0.5, 0.6) is 0 Å². The summed E-state index contributed by atoms with van der Waals surface area (Å²) in [6.45, 7) is 13.0. The van der Waals surface area contributed by atoms with Gasteiger partial charge in [-0.3, -0.25) is 29.2 Å². The van der Waals surface area contributed by atoms with Gasteiger partial charge in [-0.15, -0.1) is 0 Å². The summed E-state index contributed by atoms with van der Waals surface area (Å²) in [5, 5.41) is 23.4. The molecule has 15 heteroatoms. The van der Waals surface area contributed by atoms with E-state index in [0.717, 1.165) is 85.5 Å². The van der Waals surface area contributed by atoms with Crippen LogP contribution in [0.3, 0.4) is 0 Å². The molecule has 0 saturated carbocycles. The maximum atomic E-state index is 12.9. The SMILES string of the molecule is Cc1cc(C(=O)N2CC(O)C(N3CCN(Cc4ccc(Cl)cc4)CC3)C2)ccc1Br.O=C(c1ccc(Cl)c(Br)c1)N1CC(O)C(N2CCN(Cc3ccc(Cl)cc3)CC2)C1. The molecule has 0 radical (unpaired) electrons. The second-order valence-electron chi connectivity index (χ2n) is 16.2. The van der Waals surface area contributed by atoms with Crippen LogP contribution in [0.1, 0.15) is 37.4 Å². The molecular formula is C45H51Br2Cl3N6O4. The van der Waals surface area contributed by atoms with E-state index in [1.54, 1.807) is 28.0 Å². The van der Waals surface area contributed by atoms with E-state index in [9.17, 15) is 19.8 Å². The number of carbonyl (C=O) groups excluding carboxylic acids is 2. The molecule has 4 aromatic rings. The number of hydrogen-bond acceptors (Lipinski definition) is 8. The highest BCUT2D eigenvalue weighted by Crippen LogP contribution is 2.27. The summed E-state index contributed by atoms with van der Waals surface area (Å²) >= 11 is 24.8. The van der Waals surface area contributed by atoms with Crippen LogP contribution < -0.4 is 0 Å². The van der Waals surface area contributed by atoms with E-state index < -0.39 is 12.2 Å². The third-order valence-corrected chi connectivity index (χ3v) is 14.7. The average molecular weight is 1010 g/mol. The number of amides is 2. The van der Waals surface area contributed by atoms with Crippen molar-refractivity contribution >= 4 is 78.5 Å². The molecule has 0 spiro atoms. The molecule has 4 aliphatic heterocycles. The molecule has 4 aromatic carbocycles. The van der Waals surface area contributed by atoms with Crippen molar-refractivity contribution in [3.8, 4) is 0 Å². The average Bonchev–Trinajstić information content (AvgIpc) is 3.84. The number of halogens is 5. The Morgan fingerprint density at radius 1 is 0.567 bits per heavy atom. The van der Waals surface area contributed by atoms with Crippen LogP contribution in [0.15, 0.2) is 93.9 Å². The van der Waals surface area contributed by atoms with Crippen LogP contribution in [0.2, 0.25) is 15.1 Å². The van der Waals surface area contributed by atoms with Gasteiger partial charge in [0.25, 0.3) is 11.8 Å². The van der Waals surface area contributed by atoms with E-state index in [1.807, 2.05) is 49.4 Å². The predicted molar refractivity (Wildman–Crippen MR) is 246 cm³/mol. The third kappa shape index (κ3) is 11.5. The number of β-amino-alcohol motifs (C(OH)–C–C–N with tert-alkyl or cyclic N) is 2. The van der Waals surface area contributed by atoms with E-state index in [4.69, 9.17) is 34.8 Å². The fourth-order valence-electron chi connectivity index (χ4n) is 8.56. The van der Waals surface area contributed by atoms with Crippen LogP contribution in [-0.4, -0.2) is 154 Å². The lowest BCUT2D eigenvalue weighted by Crippen LogP contribution is -2.53. The Morgan fingerprint density at radius 3 is 1.40 bits per heavy atom. The molecule has 2 N–H and O–H groups in total. The number of benzene rings is 4. The van der Waals surface area contributed by atoms with E-state index >= 15 is 0 Å². The predicted octanol–water partition coefficient (Wildman–Crippen LogP) is 7.17. The second kappa shape index (κ2) is 20.7. The fraction of sp³-hybridized carbons (Fsp3) is 0.422. The highest BCUT2D eigenvalue weighted by Gasteiger charge is 2.40. The molecule has 0 bridgehead atoms. The fourth-order valence-corrected chi connectivity index (χ4v) is 9.56. The maximum absolute atomic E-state index is 12.9. The maximum Gasteiger partial charge on any atom is 0.254 e. The number of rotatable bonds is 8. The lowest BCUT2D eigenvalue weighted by molar-refractivity contribution is 0.0423. The number of likely N-dealkylation sites (tertiary alicyclic amines) is 2. The van der Waals surface area contributed by atoms with Gasteiger partial charge < -0.3 is 20.0 Å². The lowest BCUT2D eigenvalue weighted by atomic mass is 10.1. The number of aliphatic hydroxyl groups excluding tert-OH is 2. The number of hydrogen-bond donors (Lipinski definition) is 2. The Balaban J connectivity index is 0.000000181. The molecule has 4 saturated heterocycles. The quantitative estimate of drug-likeness (QED) is 0.192. The van der Waals surface area contributed by atoms with E-state index in [1.165, 1.54) is 11.1 Å². The Bertz CT molecular complexity index is 1950. The van der Waals surface area contributed by atoms with Crippen LogP contribution in [0, 0.1) is 6.92 Å². The Morgan fingerprint density at radius 2 is 0.983 bits per heavy atom. The van der Waals surface area contributed by atoms with Gasteiger partial charge in [0.1, 0.15) is 0 Å². The first kappa shape index (κ1) is 45.4. The zero-order valence-electron chi connectivity index (χ0n) is 33.6. The number of nitrogens with zero attached hydrogens (tertiary/aromatic N) is 6. The minimum atomic E-state index is -0.535. The zero-order valence-corrected chi connectivity index (χ0v) is 39.0. The van der Waals surface area contributed by atoms with Crippen molar-refractivity contribution in [2.75, 3.05) is 78.5 Å². The highest BCUT2D eigenvalue weighted by atomic mass is 79.9. The lowest BCUT2D eigenvalue weighted by Gasteiger charge is -2.38. The largest absolute Gasteiger partial charge is 0.390 e. The van der Waals surface area contributed by atoms with Gasteiger partial charge in [-0.25, -0.2) is 0 Å². The summed E-state index contributed by atoms with van der Waals surface area (Å²) in [6.07, 6.45) is -1.04. The van der Waals surface area contributed by atoms with E-state index in [-0.39, 0.29) is 23.9 Å². The number of piperazine rings is 2. The van der Waals surface area contributed by atoms with Crippen molar-refractivity contribution in [3.05, 3.63) is 137 Å². The van der Waals surface area contributed by atoms with Gasteiger partial charge in [0, 0.05) is 122 Å². The number of aliphatic hydroxyl groups is 2. The summed E-state index contributed by atoms with van der Waals surface area (Å²) in [5.41, 5.74) is 4.80. The van der Waals surface area contributed by atoms with Crippen molar-refractivity contribution in [1.82, 2.24) is 29.4 Å². The molecule has 320 valence electrons. The van der Waals surface area contributed by atoms with Crippen LogP contribution in [0.4, 0.5) is 0 Å². The number of aryl methyl sites for hydroxylation is 1. The van der Waals surface area contributed by atoms with Gasteiger partial charge in [0.05, 0.1) is 29.3 Å². The zero-order chi connectivity index (χ0) is 42.5. The molecule has 8 rings (SSSR count). The molecule has 4 atom stereocenters. The molecule has 60 heavy (non-hydrogen) atoms. The van der Waals surface area contributed by atoms with Crippen LogP contribution >= 0.6 is 66.7 Å². The summed E-state index contributed by atoms with van der Waals surface area (Å²) in [6, 6.07) is 26.8. The van der Waals surface area contributed by atoms with Gasteiger partial charge in [-0.2, -0.15) is 0 Å². The van der Waals surface area contributed by atoms with Gasteiger partial charge in [-0.05, 0) is 100 Å². The van der Waals surface area contributed by atoms with Gasteiger partial charge in [-0.1, -0.05) is 75.0 Å². The van der Waals surface area contributed by atoms with Gasteiger partial charge >= 0.3 is 0 Å². The first-order valence-corrected chi connectivity index (χ1v) is 23.1. The minimum Gasteiger partial charge on any atom is -0.390 e. The summed E-state index contributed by atoms with van der Waals surface area (Å²) < 4.78 is 1.69. The Kier molecular flexibility index (Phi) is 15.7. The third-order valence-electron chi connectivity index (χ3n) is 12.1. The summed E-state index contributed by atoms with van der Waals surface area (Å²) in [7, 11) is 0. The molecule has 4 heterocycles. The minimum absolute atomic E-state index is 0.00294. The standard InChI is InChI=1S/C23H27BrClN3O2.C22H24BrCl2N3O2/c1-16-12-18(4-7-20(16)24)23(30)28-14-21(22(29)15-28)27-10-8-26(9-11-27)13-17-2-5-19(25)6-3-17;23-18-11-16(3-6-19(18)25)22(30)28-13-20(21(29)14-28)27-9-7-26(8-10-27)12-15-1-4-17(24)5-2-15/h2-7,12,21-22,29H,8-11,13-15H2,1H3;1-6,11,20-21,29H,7-10,12-14H2. The van der Waals surface area contributed by atoms with Crippen LogP contribution in [-0.2, 0) is 13.1 Å². The topological polar surface area (TPSA) is 94.0 Å². The summed E-state index contributed by atoms with van der Waals surface area (Å²) in [4.78, 5) is 38.8. The Labute approximate surface area is 384 Å². The first-order chi connectivity index (χ1) is 28.8. The molecule has 0 aromatic heterocycles.